The number of carboxylic acids is 1. The summed E-state index contributed by atoms with van der Waals surface area (Å²) >= 11 is 0. The number of terminal acetylenes is 1. The van der Waals surface area contributed by atoms with Crippen LogP contribution in [-0.2, 0) is 23.8 Å². The normalized spacial score (nSPS) is 14.6. The minimum absolute atomic E-state index is 0.0179. The van der Waals surface area contributed by atoms with Crippen molar-refractivity contribution in [2.75, 3.05) is 96.3 Å². The number of piperazine rings is 1. The van der Waals surface area contributed by atoms with Gasteiger partial charge in [0.25, 0.3) is 0 Å². The number of nitrogens with one attached hydrogen (secondary N) is 1. The van der Waals surface area contributed by atoms with Gasteiger partial charge in [-0.1, -0.05) is 11.1 Å². The molecule has 0 radical (unpaired) electrons. The molecule has 0 spiro atoms. The van der Waals surface area contributed by atoms with Crippen molar-refractivity contribution in [1.29, 1.82) is 0 Å². The van der Waals surface area contributed by atoms with E-state index in [-0.39, 0.29) is 38.0 Å². The monoisotopic (exact) mass is 620 g/mol. The maximum atomic E-state index is 13.5. The molecule has 0 bridgehead atoms. The summed E-state index contributed by atoms with van der Waals surface area (Å²) in [5.41, 5.74) is 6.12. The van der Waals surface area contributed by atoms with Gasteiger partial charge in [0.15, 0.2) is 0 Å². The Morgan fingerprint density at radius 3 is 2.45 bits per heavy atom. The Hall–Kier alpha value is -4.15. The molecule has 0 aromatic carbocycles. The number of carboxylic acid groups (broad SMARTS) is 1. The van der Waals surface area contributed by atoms with Crippen molar-refractivity contribution < 1.29 is 38.7 Å². The Morgan fingerprint density at radius 2 is 1.80 bits per heavy atom. The molecule has 1 unspecified atom stereocenters. The van der Waals surface area contributed by atoms with Crippen molar-refractivity contribution in [1.82, 2.24) is 34.8 Å². The summed E-state index contributed by atoms with van der Waals surface area (Å²) in [5, 5.41) is 29.5. The lowest BCUT2D eigenvalue weighted by Gasteiger charge is -2.36. The number of aliphatic hydroxyl groups excluding tert-OH is 1. The summed E-state index contributed by atoms with van der Waals surface area (Å²) in [5.74, 6) is 1.75. The molecule has 5 N–H and O–H groups in total. The van der Waals surface area contributed by atoms with E-state index >= 15 is 0 Å². The maximum absolute atomic E-state index is 13.5. The van der Waals surface area contributed by atoms with Crippen LogP contribution in [0.5, 0.6) is 6.01 Å². The molecule has 1 amide bonds. The molecule has 1 fully saturated rings. The van der Waals surface area contributed by atoms with Gasteiger partial charge in [-0.3, -0.25) is 9.59 Å². The van der Waals surface area contributed by atoms with E-state index in [1.807, 2.05) is 4.90 Å². The topological polar surface area (TPSA) is 225 Å². The fraction of sp³-hybridized carbons (Fsp3) is 0.654. The van der Waals surface area contributed by atoms with Gasteiger partial charge in [0, 0.05) is 39.1 Å². The number of nitrogens with two attached hydrogens (primary N) is 1. The predicted molar refractivity (Wildman–Crippen MR) is 155 cm³/mol. The van der Waals surface area contributed by atoms with Crippen molar-refractivity contribution in [3.05, 3.63) is 11.9 Å². The van der Waals surface area contributed by atoms with E-state index in [1.54, 1.807) is 4.90 Å². The summed E-state index contributed by atoms with van der Waals surface area (Å²) in [6.07, 6.45) is 6.35. The summed E-state index contributed by atoms with van der Waals surface area (Å²) in [7, 11) is 1.46. The fourth-order valence-electron chi connectivity index (χ4n) is 4.14. The Morgan fingerprint density at radius 1 is 1.09 bits per heavy atom. The van der Waals surface area contributed by atoms with Crippen LogP contribution in [0.1, 0.15) is 30.6 Å². The van der Waals surface area contributed by atoms with Crippen LogP contribution < -0.4 is 20.7 Å². The first-order valence-corrected chi connectivity index (χ1v) is 14.1. The summed E-state index contributed by atoms with van der Waals surface area (Å²) in [4.78, 5) is 41.4. The molecule has 1 aliphatic heterocycles. The Bertz CT molecular complexity index is 1220. The third-order valence-electron chi connectivity index (χ3n) is 6.46. The average molecular weight is 621 g/mol. The number of ether oxygens (including phenoxy) is 4. The van der Waals surface area contributed by atoms with Gasteiger partial charge >= 0.3 is 12.0 Å². The van der Waals surface area contributed by atoms with E-state index in [9.17, 15) is 19.8 Å². The zero-order valence-electron chi connectivity index (χ0n) is 24.7. The first kappa shape index (κ1) is 34.3. The molecule has 44 heavy (non-hydrogen) atoms. The van der Waals surface area contributed by atoms with E-state index in [2.05, 4.69) is 36.5 Å². The molecule has 0 aliphatic carbocycles. The lowest BCUT2D eigenvalue weighted by atomic mass is 10.1. The number of hydrogen-bond donors (Lipinski definition) is 4. The molecular formula is C26H40N10O8. The highest BCUT2D eigenvalue weighted by Crippen LogP contribution is 2.21. The minimum atomic E-state index is -1.04. The van der Waals surface area contributed by atoms with E-state index in [4.69, 9.17) is 31.1 Å². The van der Waals surface area contributed by atoms with Crippen LogP contribution in [0.25, 0.3) is 0 Å². The van der Waals surface area contributed by atoms with Crippen LogP contribution in [0.4, 0.5) is 11.9 Å². The number of nitrogens with zero attached hydrogens (tertiary/aromatic N) is 8. The SMILES string of the molecule is C#CCOCCOCCOCCNc1nc(OC)nc(N2CCN(C(=O)[C@H](CCC(=O)O)n3cc(C(N)CO)nn3)CC2)n1. The average Bonchev–Trinajstić information content (AvgIpc) is 3.53. The molecular weight excluding hydrogens is 580 g/mol. The van der Waals surface area contributed by atoms with Crippen molar-refractivity contribution in [2.45, 2.75) is 24.9 Å². The number of rotatable bonds is 20. The highest BCUT2D eigenvalue weighted by Gasteiger charge is 2.31. The standard InChI is InChI=1S/C26H40N10O8/c1-3-11-42-13-15-44-16-14-43-12-6-28-24-29-25(31-26(30-24)41-2)35-9-7-34(8-10-35)23(40)21(4-5-22(38)39)36-17-20(32-33-36)19(27)18-37/h1,17,19,21,37H,4-16,18,27H2,2H3,(H,38,39)(H,28,29,30,31)/t19?,21-/m0/s1. The van der Waals surface area contributed by atoms with Gasteiger partial charge in [-0.15, -0.1) is 11.5 Å². The highest BCUT2D eigenvalue weighted by atomic mass is 16.5. The first-order valence-electron chi connectivity index (χ1n) is 14.1. The fourth-order valence-corrected chi connectivity index (χ4v) is 4.14. The summed E-state index contributed by atoms with van der Waals surface area (Å²) in [6, 6.07) is -1.52. The zero-order valence-corrected chi connectivity index (χ0v) is 24.7. The van der Waals surface area contributed by atoms with E-state index in [0.29, 0.717) is 83.3 Å². The molecule has 3 rings (SSSR count). The molecule has 18 heteroatoms. The van der Waals surface area contributed by atoms with E-state index in [1.165, 1.54) is 18.0 Å². The molecule has 2 atom stereocenters. The number of anilines is 2. The zero-order chi connectivity index (χ0) is 31.7. The van der Waals surface area contributed by atoms with Crippen LogP contribution in [-0.4, -0.2) is 143 Å². The molecule has 2 aromatic heterocycles. The number of methoxy groups -OCH3 is 1. The summed E-state index contributed by atoms with van der Waals surface area (Å²) in [6.45, 7) is 3.95. The lowest BCUT2D eigenvalue weighted by Crippen LogP contribution is -2.51. The molecule has 3 heterocycles. The molecule has 18 nitrogen and oxygen atoms in total. The van der Waals surface area contributed by atoms with E-state index in [0.717, 1.165) is 0 Å². The third-order valence-corrected chi connectivity index (χ3v) is 6.46. The molecule has 1 aliphatic rings. The Labute approximate surface area is 254 Å². The van der Waals surface area contributed by atoms with Gasteiger partial charge in [-0.25, -0.2) is 4.68 Å². The van der Waals surface area contributed by atoms with Gasteiger partial charge in [-0.2, -0.15) is 15.0 Å². The minimum Gasteiger partial charge on any atom is -0.481 e. The second-order valence-corrected chi connectivity index (χ2v) is 9.53. The summed E-state index contributed by atoms with van der Waals surface area (Å²) < 4.78 is 22.6. The van der Waals surface area contributed by atoms with Crippen LogP contribution in [0.3, 0.4) is 0 Å². The van der Waals surface area contributed by atoms with E-state index < -0.39 is 18.1 Å². The van der Waals surface area contributed by atoms with Crippen molar-refractivity contribution >= 4 is 23.8 Å². The van der Waals surface area contributed by atoms with Gasteiger partial charge in [-0.05, 0) is 6.42 Å². The molecule has 0 saturated carbocycles. The van der Waals surface area contributed by atoms with Crippen molar-refractivity contribution in [2.24, 2.45) is 5.73 Å². The van der Waals surface area contributed by atoms with Gasteiger partial charge in [0.1, 0.15) is 18.3 Å². The maximum Gasteiger partial charge on any atom is 0.322 e. The lowest BCUT2D eigenvalue weighted by molar-refractivity contribution is -0.138. The van der Waals surface area contributed by atoms with Crippen LogP contribution in [0, 0.1) is 12.3 Å². The smallest absolute Gasteiger partial charge is 0.322 e. The third kappa shape index (κ3) is 10.8. The number of carbonyl (C=O) groups is 2. The molecule has 242 valence electrons. The Kier molecular flexibility index (Phi) is 14.4. The quantitative estimate of drug-likeness (QED) is 0.0957. The Balaban J connectivity index is 1.51. The number of aliphatic carboxylic acids is 1. The highest BCUT2D eigenvalue weighted by molar-refractivity contribution is 5.81. The van der Waals surface area contributed by atoms with Crippen molar-refractivity contribution in [3.63, 3.8) is 0 Å². The van der Waals surface area contributed by atoms with Gasteiger partial charge in [0.2, 0.25) is 17.8 Å². The number of aliphatic hydroxyl groups is 1. The predicted octanol–water partition coefficient (Wildman–Crippen LogP) is -1.69. The van der Waals surface area contributed by atoms with Crippen molar-refractivity contribution in [3.8, 4) is 18.4 Å². The van der Waals surface area contributed by atoms with Crippen LogP contribution in [0.15, 0.2) is 6.20 Å². The van der Waals surface area contributed by atoms with Gasteiger partial charge < -0.3 is 50.0 Å². The molecule has 1 saturated heterocycles. The molecule has 2 aromatic rings. The second-order valence-electron chi connectivity index (χ2n) is 9.53. The second kappa shape index (κ2) is 18.5. The largest absolute Gasteiger partial charge is 0.481 e. The first-order chi connectivity index (χ1) is 21.4. The van der Waals surface area contributed by atoms with Crippen LogP contribution in [0.2, 0.25) is 0 Å². The number of carbonyl (C=O) groups excluding carboxylic acids is 1. The van der Waals surface area contributed by atoms with Crippen LogP contribution >= 0.6 is 0 Å². The van der Waals surface area contributed by atoms with Gasteiger partial charge in [0.05, 0.1) is 59.0 Å². The number of aromatic nitrogens is 6. The number of amides is 1. The number of hydrogen-bond acceptors (Lipinski definition) is 15.